The fourth-order valence-electron chi connectivity index (χ4n) is 2.16. The molecule has 1 nitrogen and oxygen atoms in total. The molecular formula is C16H17BrClN. The second-order valence-electron chi connectivity index (χ2n) is 4.92. The van der Waals surface area contributed by atoms with E-state index in [9.17, 15) is 0 Å². The second kappa shape index (κ2) is 6.56. The molecule has 2 rings (SSSR count). The fourth-order valence-corrected chi connectivity index (χ4v) is 2.55. The van der Waals surface area contributed by atoms with Gasteiger partial charge in [0.1, 0.15) is 0 Å². The third-order valence-electron chi connectivity index (χ3n) is 3.09. The molecule has 0 saturated heterocycles. The highest BCUT2D eigenvalue weighted by Crippen LogP contribution is 2.27. The number of benzene rings is 2. The van der Waals surface area contributed by atoms with Crippen molar-refractivity contribution in [2.45, 2.75) is 5.92 Å². The van der Waals surface area contributed by atoms with Gasteiger partial charge in [0.25, 0.3) is 0 Å². The molecule has 0 saturated carbocycles. The Morgan fingerprint density at radius 1 is 0.947 bits per heavy atom. The molecule has 0 aliphatic rings. The van der Waals surface area contributed by atoms with Gasteiger partial charge in [-0.3, -0.25) is 0 Å². The van der Waals surface area contributed by atoms with Crippen LogP contribution < -0.4 is 0 Å². The Kier molecular flexibility index (Phi) is 5.03. The number of hydrogen-bond donors (Lipinski definition) is 0. The zero-order valence-corrected chi connectivity index (χ0v) is 13.4. The lowest BCUT2D eigenvalue weighted by atomic mass is 9.91. The molecule has 0 aromatic heterocycles. The normalized spacial score (nSPS) is 12.7. The van der Waals surface area contributed by atoms with Crippen molar-refractivity contribution in [3.63, 3.8) is 0 Å². The summed E-state index contributed by atoms with van der Waals surface area (Å²) in [7, 11) is 4.20. The van der Waals surface area contributed by atoms with Crippen molar-refractivity contribution < 1.29 is 0 Å². The van der Waals surface area contributed by atoms with E-state index in [1.54, 1.807) is 0 Å². The molecule has 19 heavy (non-hydrogen) atoms. The van der Waals surface area contributed by atoms with Gasteiger partial charge < -0.3 is 4.90 Å². The number of halogens is 2. The Balaban J connectivity index is 2.35. The molecule has 0 radical (unpaired) electrons. The molecule has 0 aliphatic heterocycles. The van der Waals surface area contributed by atoms with Crippen LogP contribution in [-0.2, 0) is 0 Å². The van der Waals surface area contributed by atoms with E-state index in [1.165, 1.54) is 11.1 Å². The second-order valence-corrected chi connectivity index (χ2v) is 6.27. The van der Waals surface area contributed by atoms with Crippen LogP contribution in [0.2, 0.25) is 5.02 Å². The van der Waals surface area contributed by atoms with Crippen LogP contribution in [0.4, 0.5) is 0 Å². The molecule has 0 heterocycles. The van der Waals surface area contributed by atoms with Gasteiger partial charge in [-0.25, -0.2) is 0 Å². The summed E-state index contributed by atoms with van der Waals surface area (Å²) in [5, 5.41) is 0.781. The van der Waals surface area contributed by atoms with Crippen LogP contribution in [0.3, 0.4) is 0 Å². The summed E-state index contributed by atoms with van der Waals surface area (Å²) in [6, 6.07) is 16.7. The molecule has 0 spiro atoms. The van der Waals surface area contributed by atoms with Crippen LogP contribution in [0.15, 0.2) is 53.0 Å². The molecule has 2 aromatic rings. The first-order valence-corrected chi connectivity index (χ1v) is 7.39. The highest BCUT2D eigenvalue weighted by Gasteiger charge is 2.15. The zero-order chi connectivity index (χ0) is 13.8. The van der Waals surface area contributed by atoms with Gasteiger partial charge in [-0.1, -0.05) is 51.8 Å². The van der Waals surface area contributed by atoms with Crippen LogP contribution in [0.5, 0.6) is 0 Å². The summed E-state index contributed by atoms with van der Waals surface area (Å²) in [6.07, 6.45) is 0. The van der Waals surface area contributed by atoms with Crippen molar-refractivity contribution in [3.8, 4) is 0 Å². The highest BCUT2D eigenvalue weighted by molar-refractivity contribution is 9.10. The smallest absolute Gasteiger partial charge is 0.0406 e. The van der Waals surface area contributed by atoms with Gasteiger partial charge in [-0.15, -0.1) is 0 Å². The standard InChI is InChI=1S/C16H17BrClN/c1-19(2)11-16(12-3-7-14(17)8-4-12)13-5-9-15(18)10-6-13/h3-10,16H,11H2,1-2H3. The fraction of sp³-hybridized carbons (Fsp3) is 0.250. The third-order valence-corrected chi connectivity index (χ3v) is 3.87. The summed E-state index contributed by atoms with van der Waals surface area (Å²) >= 11 is 9.46. The lowest BCUT2D eigenvalue weighted by Gasteiger charge is -2.22. The van der Waals surface area contributed by atoms with Crippen LogP contribution in [0.25, 0.3) is 0 Å². The Morgan fingerprint density at radius 3 is 1.89 bits per heavy atom. The van der Waals surface area contributed by atoms with E-state index in [0.717, 1.165) is 16.0 Å². The average molecular weight is 339 g/mol. The quantitative estimate of drug-likeness (QED) is 0.774. The maximum absolute atomic E-state index is 5.97. The lowest BCUT2D eigenvalue weighted by Crippen LogP contribution is -2.21. The molecule has 0 amide bonds. The third kappa shape index (κ3) is 4.07. The largest absolute Gasteiger partial charge is 0.308 e. The van der Waals surface area contributed by atoms with E-state index in [1.807, 2.05) is 12.1 Å². The molecule has 100 valence electrons. The maximum Gasteiger partial charge on any atom is 0.0406 e. The molecule has 0 fully saturated rings. The molecule has 3 heteroatoms. The molecule has 0 N–H and O–H groups in total. The molecule has 1 atom stereocenters. The Bertz CT molecular complexity index is 474. The summed E-state index contributed by atoms with van der Waals surface area (Å²) in [5.41, 5.74) is 2.61. The van der Waals surface area contributed by atoms with Crippen molar-refractivity contribution >= 4 is 27.5 Å². The summed E-state index contributed by atoms with van der Waals surface area (Å²) in [4.78, 5) is 2.21. The minimum Gasteiger partial charge on any atom is -0.308 e. The minimum absolute atomic E-state index is 0.361. The number of likely N-dealkylation sites (N-methyl/N-ethyl adjacent to an activating group) is 1. The van der Waals surface area contributed by atoms with E-state index in [-0.39, 0.29) is 0 Å². The van der Waals surface area contributed by atoms with E-state index < -0.39 is 0 Å². The van der Waals surface area contributed by atoms with E-state index >= 15 is 0 Å². The average Bonchev–Trinajstić information content (AvgIpc) is 2.38. The molecule has 2 aromatic carbocycles. The van der Waals surface area contributed by atoms with Gasteiger partial charge in [0, 0.05) is 22.0 Å². The van der Waals surface area contributed by atoms with Gasteiger partial charge in [0.2, 0.25) is 0 Å². The SMILES string of the molecule is CN(C)CC(c1ccc(Cl)cc1)c1ccc(Br)cc1. The van der Waals surface area contributed by atoms with Gasteiger partial charge in [-0.2, -0.15) is 0 Å². The predicted octanol–water partition coefficient (Wildman–Crippen LogP) is 4.80. The van der Waals surface area contributed by atoms with Crippen molar-refractivity contribution in [3.05, 3.63) is 69.2 Å². The molecule has 1 unspecified atom stereocenters. The van der Waals surface area contributed by atoms with Crippen LogP contribution in [0.1, 0.15) is 17.0 Å². The van der Waals surface area contributed by atoms with Gasteiger partial charge in [0.05, 0.1) is 0 Å². The molecule has 0 bridgehead atoms. The predicted molar refractivity (Wildman–Crippen MR) is 86.0 cm³/mol. The van der Waals surface area contributed by atoms with E-state index in [4.69, 9.17) is 11.6 Å². The minimum atomic E-state index is 0.361. The van der Waals surface area contributed by atoms with E-state index in [0.29, 0.717) is 5.92 Å². The van der Waals surface area contributed by atoms with Crippen molar-refractivity contribution in [2.75, 3.05) is 20.6 Å². The Hall–Kier alpha value is -0.830. The number of nitrogens with zero attached hydrogens (tertiary/aromatic N) is 1. The summed E-state index contributed by atoms with van der Waals surface area (Å²) in [5.74, 6) is 0.361. The van der Waals surface area contributed by atoms with Crippen molar-refractivity contribution in [2.24, 2.45) is 0 Å². The number of hydrogen-bond acceptors (Lipinski definition) is 1. The van der Waals surface area contributed by atoms with Gasteiger partial charge in [0.15, 0.2) is 0 Å². The van der Waals surface area contributed by atoms with Crippen LogP contribution in [-0.4, -0.2) is 25.5 Å². The monoisotopic (exact) mass is 337 g/mol. The van der Waals surface area contributed by atoms with Crippen LogP contribution >= 0.6 is 27.5 Å². The van der Waals surface area contributed by atoms with Crippen molar-refractivity contribution in [1.82, 2.24) is 4.90 Å². The van der Waals surface area contributed by atoms with Gasteiger partial charge >= 0.3 is 0 Å². The topological polar surface area (TPSA) is 3.24 Å². The van der Waals surface area contributed by atoms with Crippen LogP contribution in [0, 0.1) is 0 Å². The van der Waals surface area contributed by atoms with Gasteiger partial charge in [-0.05, 0) is 49.5 Å². The zero-order valence-electron chi connectivity index (χ0n) is 11.1. The first kappa shape index (κ1) is 14.6. The van der Waals surface area contributed by atoms with E-state index in [2.05, 4.69) is 71.3 Å². The molecular weight excluding hydrogens is 322 g/mol. The first-order valence-electron chi connectivity index (χ1n) is 6.22. The Morgan fingerprint density at radius 2 is 1.42 bits per heavy atom. The highest BCUT2D eigenvalue weighted by atomic mass is 79.9. The number of rotatable bonds is 4. The summed E-state index contributed by atoms with van der Waals surface area (Å²) in [6.45, 7) is 0.975. The maximum atomic E-state index is 5.97. The Labute approximate surface area is 128 Å². The lowest BCUT2D eigenvalue weighted by molar-refractivity contribution is 0.392. The summed E-state index contributed by atoms with van der Waals surface area (Å²) < 4.78 is 1.11. The molecule has 0 aliphatic carbocycles. The van der Waals surface area contributed by atoms with Crippen molar-refractivity contribution in [1.29, 1.82) is 0 Å². The first-order chi connectivity index (χ1) is 9.06.